The summed E-state index contributed by atoms with van der Waals surface area (Å²) in [5.74, 6) is 0.621. The fourth-order valence-electron chi connectivity index (χ4n) is 2.78. The van der Waals surface area contributed by atoms with Crippen LogP contribution in [-0.2, 0) is 0 Å². The van der Waals surface area contributed by atoms with Gasteiger partial charge in [0, 0.05) is 16.1 Å². The molecule has 0 aliphatic carbocycles. The summed E-state index contributed by atoms with van der Waals surface area (Å²) in [6, 6.07) is 13.2. The van der Waals surface area contributed by atoms with E-state index < -0.39 is 0 Å². The standard InChI is InChI=1S/C19H14FN3OS/c1-11-16(12-2-4-13(20)5-3-12)17-18(21-10-22-19(17)25-11)23-14-6-8-15(24)9-7-14/h2-10,24H,1H3,(H,21,22,23). The number of phenolic OH excluding ortho intramolecular Hbond substituents is 1. The number of nitrogens with zero attached hydrogens (tertiary/aromatic N) is 2. The summed E-state index contributed by atoms with van der Waals surface area (Å²) in [4.78, 5) is 10.7. The zero-order valence-electron chi connectivity index (χ0n) is 13.3. The highest BCUT2D eigenvalue weighted by atomic mass is 32.1. The number of fused-ring (bicyclic) bond motifs is 1. The Hall–Kier alpha value is -2.99. The molecule has 4 aromatic rings. The lowest BCUT2D eigenvalue weighted by atomic mass is 10.0. The lowest BCUT2D eigenvalue weighted by Crippen LogP contribution is -1.95. The average Bonchev–Trinajstić information content (AvgIpc) is 2.95. The number of aromatic nitrogens is 2. The third-order valence-electron chi connectivity index (χ3n) is 3.93. The molecule has 0 atom stereocenters. The maximum Gasteiger partial charge on any atom is 0.143 e. The number of rotatable bonds is 3. The van der Waals surface area contributed by atoms with E-state index in [9.17, 15) is 9.50 Å². The van der Waals surface area contributed by atoms with Crippen molar-refractivity contribution in [3.63, 3.8) is 0 Å². The summed E-state index contributed by atoms with van der Waals surface area (Å²) >= 11 is 1.58. The van der Waals surface area contributed by atoms with Crippen LogP contribution in [0.4, 0.5) is 15.9 Å². The number of nitrogens with one attached hydrogen (secondary N) is 1. The second-order valence-electron chi connectivity index (χ2n) is 5.61. The van der Waals surface area contributed by atoms with Gasteiger partial charge in [0.2, 0.25) is 0 Å². The molecule has 6 heteroatoms. The molecular formula is C19H14FN3OS. The maximum absolute atomic E-state index is 13.3. The molecule has 2 N–H and O–H groups in total. The number of benzene rings is 2. The van der Waals surface area contributed by atoms with Crippen LogP contribution in [0.3, 0.4) is 0 Å². The van der Waals surface area contributed by atoms with Crippen molar-refractivity contribution in [3.8, 4) is 16.9 Å². The fraction of sp³-hybridized carbons (Fsp3) is 0.0526. The molecule has 0 aliphatic rings. The number of anilines is 2. The first kappa shape index (κ1) is 15.5. The third kappa shape index (κ3) is 2.92. The van der Waals surface area contributed by atoms with Gasteiger partial charge in [-0.05, 0) is 48.9 Å². The summed E-state index contributed by atoms with van der Waals surface area (Å²) in [6.07, 6.45) is 1.52. The Morgan fingerprint density at radius 1 is 1.00 bits per heavy atom. The van der Waals surface area contributed by atoms with Gasteiger partial charge in [-0.15, -0.1) is 11.3 Å². The zero-order chi connectivity index (χ0) is 17.4. The Bertz CT molecular complexity index is 1040. The number of hydrogen-bond donors (Lipinski definition) is 2. The molecule has 0 unspecified atom stereocenters. The molecule has 4 rings (SSSR count). The minimum Gasteiger partial charge on any atom is -0.508 e. The quantitative estimate of drug-likeness (QED) is 0.495. The second-order valence-corrected chi connectivity index (χ2v) is 6.82. The molecule has 0 aliphatic heterocycles. The highest BCUT2D eigenvalue weighted by Crippen LogP contribution is 2.41. The van der Waals surface area contributed by atoms with Crippen LogP contribution in [0.2, 0.25) is 0 Å². The predicted octanol–water partition coefficient (Wildman–Crippen LogP) is 5.26. The molecule has 25 heavy (non-hydrogen) atoms. The molecule has 2 aromatic carbocycles. The van der Waals surface area contributed by atoms with Crippen molar-refractivity contribution >= 4 is 33.1 Å². The summed E-state index contributed by atoms with van der Waals surface area (Å²) in [6.45, 7) is 2.02. The van der Waals surface area contributed by atoms with E-state index in [2.05, 4.69) is 15.3 Å². The number of hydrogen-bond acceptors (Lipinski definition) is 5. The van der Waals surface area contributed by atoms with E-state index in [-0.39, 0.29) is 11.6 Å². The van der Waals surface area contributed by atoms with Gasteiger partial charge in [0.05, 0.1) is 5.39 Å². The first-order valence-electron chi connectivity index (χ1n) is 7.68. The van der Waals surface area contributed by atoms with Crippen LogP contribution >= 0.6 is 11.3 Å². The Morgan fingerprint density at radius 2 is 1.72 bits per heavy atom. The second kappa shape index (κ2) is 6.14. The van der Waals surface area contributed by atoms with Crippen molar-refractivity contribution < 1.29 is 9.50 Å². The van der Waals surface area contributed by atoms with E-state index in [4.69, 9.17) is 0 Å². The van der Waals surface area contributed by atoms with Gasteiger partial charge in [0.25, 0.3) is 0 Å². The molecule has 2 aromatic heterocycles. The summed E-state index contributed by atoms with van der Waals surface area (Å²) < 4.78 is 13.3. The monoisotopic (exact) mass is 351 g/mol. The number of thiophene rings is 1. The molecule has 0 bridgehead atoms. The van der Waals surface area contributed by atoms with Gasteiger partial charge in [-0.3, -0.25) is 0 Å². The molecule has 0 amide bonds. The Labute approximate surface area is 147 Å². The molecule has 0 saturated carbocycles. The molecule has 0 spiro atoms. The van der Waals surface area contributed by atoms with E-state index in [1.165, 1.54) is 18.5 Å². The van der Waals surface area contributed by atoms with Gasteiger partial charge in [0.15, 0.2) is 0 Å². The molecule has 2 heterocycles. The van der Waals surface area contributed by atoms with Gasteiger partial charge in [-0.1, -0.05) is 12.1 Å². The van der Waals surface area contributed by atoms with Crippen molar-refractivity contribution in [2.24, 2.45) is 0 Å². The Balaban J connectivity index is 1.87. The van der Waals surface area contributed by atoms with Gasteiger partial charge in [-0.25, -0.2) is 14.4 Å². The molecule has 4 nitrogen and oxygen atoms in total. The van der Waals surface area contributed by atoms with Crippen LogP contribution in [0.15, 0.2) is 54.9 Å². The fourth-order valence-corrected chi connectivity index (χ4v) is 3.80. The van der Waals surface area contributed by atoms with E-state index >= 15 is 0 Å². The number of aromatic hydroxyl groups is 1. The number of halogens is 1. The summed E-state index contributed by atoms with van der Waals surface area (Å²) in [7, 11) is 0. The lowest BCUT2D eigenvalue weighted by Gasteiger charge is -2.09. The SMILES string of the molecule is Cc1sc2ncnc(Nc3ccc(O)cc3)c2c1-c1ccc(F)cc1. The third-order valence-corrected chi connectivity index (χ3v) is 4.94. The van der Waals surface area contributed by atoms with Crippen LogP contribution in [-0.4, -0.2) is 15.1 Å². The van der Waals surface area contributed by atoms with E-state index in [0.29, 0.717) is 5.82 Å². The zero-order valence-corrected chi connectivity index (χ0v) is 14.1. The summed E-state index contributed by atoms with van der Waals surface area (Å²) in [5.41, 5.74) is 2.74. The van der Waals surface area contributed by atoms with Crippen molar-refractivity contribution in [2.75, 3.05) is 5.32 Å². The summed E-state index contributed by atoms with van der Waals surface area (Å²) in [5, 5.41) is 13.6. The van der Waals surface area contributed by atoms with Gasteiger partial charge in [-0.2, -0.15) is 0 Å². The van der Waals surface area contributed by atoms with Crippen molar-refractivity contribution in [1.29, 1.82) is 0 Å². The predicted molar refractivity (Wildman–Crippen MR) is 98.9 cm³/mol. The van der Waals surface area contributed by atoms with E-state index in [1.54, 1.807) is 47.7 Å². The molecule has 0 fully saturated rings. The first-order chi connectivity index (χ1) is 12.1. The molecule has 0 radical (unpaired) electrons. The normalized spacial score (nSPS) is 11.0. The van der Waals surface area contributed by atoms with Crippen LogP contribution in [0.25, 0.3) is 21.3 Å². The smallest absolute Gasteiger partial charge is 0.143 e. The number of aryl methyl sites for hydroxylation is 1. The minimum atomic E-state index is -0.264. The largest absolute Gasteiger partial charge is 0.508 e. The first-order valence-corrected chi connectivity index (χ1v) is 8.49. The van der Waals surface area contributed by atoms with Crippen LogP contribution in [0.1, 0.15) is 4.88 Å². The Morgan fingerprint density at radius 3 is 2.44 bits per heavy atom. The highest BCUT2D eigenvalue weighted by Gasteiger charge is 2.17. The molecular weight excluding hydrogens is 337 g/mol. The van der Waals surface area contributed by atoms with Crippen molar-refractivity contribution in [2.45, 2.75) is 6.92 Å². The van der Waals surface area contributed by atoms with Gasteiger partial charge < -0.3 is 10.4 Å². The number of phenols is 1. The lowest BCUT2D eigenvalue weighted by molar-refractivity contribution is 0.475. The topological polar surface area (TPSA) is 58.0 Å². The Kier molecular flexibility index (Phi) is 3.82. The van der Waals surface area contributed by atoms with Crippen molar-refractivity contribution in [3.05, 3.63) is 65.6 Å². The van der Waals surface area contributed by atoms with E-state index in [0.717, 1.165) is 31.9 Å². The molecule has 0 saturated heterocycles. The maximum atomic E-state index is 13.3. The molecule has 124 valence electrons. The average molecular weight is 351 g/mol. The highest BCUT2D eigenvalue weighted by molar-refractivity contribution is 7.19. The van der Waals surface area contributed by atoms with Gasteiger partial charge in [0.1, 0.15) is 28.5 Å². The van der Waals surface area contributed by atoms with Crippen molar-refractivity contribution in [1.82, 2.24) is 9.97 Å². The van der Waals surface area contributed by atoms with Crippen LogP contribution in [0.5, 0.6) is 5.75 Å². The van der Waals surface area contributed by atoms with Crippen LogP contribution in [0, 0.1) is 12.7 Å². The minimum absolute atomic E-state index is 0.205. The van der Waals surface area contributed by atoms with E-state index in [1.807, 2.05) is 6.92 Å². The van der Waals surface area contributed by atoms with Crippen LogP contribution < -0.4 is 5.32 Å². The van der Waals surface area contributed by atoms with Gasteiger partial charge >= 0.3 is 0 Å².